The Balaban J connectivity index is 2.37. The third-order valence-electron chi connectivity index (χ3n) is 2.86. The van der Waals surface area contributed by atoms with Crippen LogP contribution in [-0.4, -0.2) is 11.1 Å². The van der Waals surface area contributed by atoms with E-state index in [0.717, 1.165) is 18.4 Å². The van der Waals surface area contributed by atoms with Crippen LogP contribution in [0.15, 0.2) is 24.3 Å². The van der Waals surface area contributed by atoms with Crippen LogP contribution in [0.5, 0.6) is 0 Å². The first kappa shape index (κ1) is 9.21. The second-order valence-corrected chi connectivity index (χ2v) is 3.88. The number of fused-ring (bicyclic) bond motifs is 1. The van der Waals surface area contributed by atoms with Crippen molar-refractivity contribution in [3.05, 3.63) is 35.4 Å². The van der Waals surface area contributed by atoms with Gasteiger partial charge in [-0.15, -0.1) is 0 Å². The lowest BCUT2D eigenvalue weighted by atomic mass is 9.90. The minimum atomic E-state index is -0.829. The van der Waals surface area contributed by atoms with Crippen LogP contribution in [0.4, 0.5) is 0 Å². The number of hydrogen-bond acceptors (Lipinski definition) is 2. The molecular weight excluding hydrogens is 178 g/mol. The van der Waals surface area contributed by atoms with Crippen molar-refractivity contribution in [1.29, 1.82) is 0 Å². The van der Waals surface area contributed by atoms with Crippen LogP contribution in [0.1, 0.15) is 24.0 Å². The van der Waals surface area contributed by atoms with Crippen molar-refractivity contribution in [3.8, 4) is 0 Å². The molecule has 0 saturated carbocycles. The Morgan fingerprint density at radius 1 is 1.50 bits per heavy atom. The number of carboxylic acid groups (broad SMARTS) is 1. The molecule has 1 atom stereocenters. The molecule has 0 saturated heterocycles. The second kappa shape index (κ2) is 3.10. The van der Waals surface area contributed by atoms with Crippen LogP contribution in [0.3, 0.4) is 0 Å². The molecule has 0 spiro atoms. The highest BCUT2D eigenvalue weighted by Gasteiger charge is 2.36. The van der Waals surface area contributed by atoms with Crippen molar-refractivity contribution in [2.75, 3.05) is 0 Å². The topological polar surface area (TPSA) is 63.3 Å². The van der Waals surface area contributed by atoms with Crippen LogP contribution in [0.25, 0.3) is 0 Å². The first-order chi connectivity index (χ1) is 6.62. The van der Waals surface area contributed by atoms with Crippen molar-refractivity contribution in [1.82, 2.24) is 0 Å². The molecule has 0 aliphatic heterocycles. The highest BCUT2D eigenvalue weighted by atomic mass is 16.4. The fraction of sp³-hybridized carbons (Fsp3) is 0.364. The molecule has 3 heteroatoms. The molecule has 0 radical (unpaired) electrons. The Bertz CT molecular complexity index is 375. The van der Waals surface area contributed by atoms with Gasteiger partial charge in [-0.3, -0.25) is 4.79 Å². The van der Waals surface area contributed by atoms with E-state index >= 15 is 0 Å². The van der Waals surface area contributed by atoms with Gasteiger partial charge in [-0.25, -0.2) is 0 Å². The normalized spacial score (nSPS) is 24.6. The van der Waals surface area contributed by atoms with E-state index in [1.165, 1.54) is 5.56 Å². The van der Waals surface area contributed by atoms with Crippen molar-refractivity contribution in [3.63, 3.8) is 0 Å². The summed E-state index contributed by atoms with van der Waals surface area (Å²) in [5.41, 5.74) is 7.63. The van der Waals surface area contributed by atoms with Crippen LogP contribution < -0.4 is 5.73 Å². The Hall–Kier alpha value is -1.35. The number of aryl methyl sites for hydroxylation is 1. The van der Waals surface area contributed by atoms with Crippen molar-refractivity contribution >= 4 is 5.97 Å². The summed E-state index contributed by atoms with van der Waals surface area (Å²) in [5, 5.41) is 8.78. The van der Waals surface area contributed by atoms with E-state index in [-0.39, 0.29) is 6.42 Å². The molecule has 0 aromatic heterocycles. The lowest BCUT2D eigenvalue weighted by molar-refractivity contribution is -0.138. The summed E-state index contributed by atoms with van der Waals surface area (Å²) in [6.45, 7) is 0. The van der Waals surface area contributed by atoms with E-state index in [1.54, 1.807) is 0 Å². The first-order valence-corrected chi connectivity index (χ1v) is 4.71. The Labute approximate surface area is 82.5 Å². The Morgan fingerprint density at radius 3 is 2.93 bits per heavy atom. The van der Waals surface area contributed by atoms with Gasteiger partial charge in [0, 0.05) is 0 Å². The molecule has 1 aliphatic carbocycles. The monoisotopic (exact) mass is 191 g/mol. The van der Waals surface area contributed by atoms with Gasteiger partial charge in [0.05, 0.1) is 12.0 Å². The van der Waals surface area contributed by atoms with Crippen LogP contribution in [0, 0.1) is 0 Å². The maximum Gasteiger partial charge on any atom is 0.305 e. The van der Waals surface area contributed by atoms with Gasteiger partial charge >= 0.3 is 5.97 Å². The average Bonchev–Trinajstić information content (AvgIpc) is 2.44. The van der Waals surface area contributed by atoms with Crippen LogP contribution >= 0.6 is 0 Å². The van der Waals surface area contributed by atoms with Crippen molar-refractivity contribution < 1.29 is 9.90 Å². The fourth-order valence-electron chi connectivity index (χ4n) is 2.17. The molecule has 74 valence electrons. The zero-order valence-electron chi connectivity index (χ0n) is 7.86. The molecule has 2 rings (SSSR count). The van der Waals surface area contributed by atoms with Gasteiger partial charge in [0.2, 0.25) is 0 Å². The van der Waals surface area contributed by atoms with Crippen LogP contribution in [-0.2, 0) is 16.8 Å². The van der Waals surface area contributed by atoms with Crippen molar-refractivity contribution in [2.24, 2.45) is 5.73 Å². The SMILES string of the molecule is NC1(CC(=O)O)CCc2ccccc21. The summed E-state index contributed by atoms with van der Waals surface area (Å²) >= 11 is 0. The standard InChI is InChI=1S/C11H13NO2/c12-11(7-10(13)14)6-5-8-3-1-2-4-9(8)11/h1-4H,5-7,12H2,(H,13,14). The van der Waals surface area contributed by atoms with Gasteiger partial charge in [-0.1, -0.05) is 24.3 Å². The predicted octanol–water partition coefficient (Wildman–Crippen LogP) is 1.26. The number of carbonyl (C=O) groups is 1. The van der Waals surface area contributed by atoms with E-state index in [1.807, 2.05) is 24.3 Å². The molecule has 3 N–H and O–H groups in total. The highest BCUT2D eigenvalue weighted by molar-refractivity contribution is 5.69. The third-order valence-corrected chi connectivity index (χ3v) is 2.86. The number of rotatable bonds is 2. The summed E-state index contributed by atoms with van der Waals surface area (Å²) in [6.07, 6.45) is 1.64. The van der Waals surface area contributed by atoms with Gasteiger partial charge in [-0.2, -0.15) is 0 Å². The van der Waals surface area contributed by atoms with Gasteiger partial charge in [0.1, 0.15) is 0 Å². The Kier molecular flexibility index (Phi) is 2.04. The molecule has 0 amide bonds. The highest BCUT2D eigenvalue weighted by Crippen LogP contribution is 2.36. The van der Waals surface area contributed by atoms with Gasteiger partial charge < -0.3 is 10.8 Å². The molecule has 14 heavy (non-hydrogen) atoms. The van der Waals surface area contributed by atoms with E-state index < -0.39 is 11.5 Å². The largest absolute Gasteiger partial charge is 0.481 e. The summed E-state index contributed by atoms with van der Waals surface area (Å²) in [5.74, 6) is -0.829. The number of aliphatic carboxylic acids is 1. The van der Waals surface area contributed by atoms with Gasteiger partial charge in [-0.05, 0) is 24.0 Å². The summed E-state index contributed by atoms with van der Waals surface area (Å²) in [6, 6.07) is 7.83. The molecule has 1 aliphatic rings. The summed E-state index contributed by atoms with van der Waals surface area (Å²) in [4.78, 5) is 10.7. The zero-order valence-corrected chi connectivity index (χ0v) is 7.86. The lowest BCUT2D eigenvalue weighted by Gasteiger charge is -2.22. The average molecular weight is 191 g/mol. The van der Waals surface area contributed by atoms with Gasteiger partial charge in [0.15, 0.2) is 0 Å². The maximum atomic E-state index is 10.7. The third kappa shape index (κ3) is 1.40. The molecule has 0 heterocycles. The number of nitrogens with two attached hydrogens (primary N) is 1. The van der Waals surface area contributed by atoms with Crippen LogP contribution in [0.2, 0.25) is 0 Å². The molecule has 1 unspecified atom stereocenters. The number of carboxylic acids is 1. The van der Waals surface area contributed by atoms with E-state index in [2.05, 4.69) is 0 Å². The molecule has 1 aromatic rings. The Morgan fingerprint density at radius 2 is 2.21 bits per heavy atom. The number of benzene rings is 1. The number of hydrogen-bond donors (Lipinski definition) is 2. The molecule has 0 bridgehead atoms. The van der Waals surface area contributed by atoms with Crippen molar-refractivity contribution in [2.45, 2.75) is 24.8 Å². The second-order valence-electron chi connectivity index (χ2n) is 3.88. The lowest BCUT2D eigenvalue weighted by Crippen LogP contribution is -2.36. The quantitative estimate of drug-likeness (QED) is 0.739. The molecule has 0 fully saturated rings. The fourth-order valence-corrected chi connectivity index (χ4v) is 2.17. The van der Waals surface area contributed by atoms with Gasteiger partial charge in [0.25, 0.3) is 0 Å². The molecule has 1 aromatic carbocycles. The first-order valence-electron chi connectivity index (χ1n) is 4.71. The predicted molar refractivity (Wildman–Crippen MR) is 52.9 cm³/mol. The van der Waals surface area contributed by atoms with E-state index in [4.69, 9.17) is 10.8 Å². The molecular formula is C11H13NO2. The molecule has 3 nitrogen and oxygen atoms in total. The summed E-state index contributed by atoms with van der Waals surface area (Å²) < 4.78 is 0. The maximum absolute atomic E-state index is 10.7. The van der Waals surface area contributed by atoms with E-state index in [9.17, 15) is 4.79 Å². The minimum Gasteiger partial charge on any atom is -0.481 e. The van der Waals surface area contributed by atoms with E-state index in [0.29, 0.717) is 0 Å². The zero-order chi connectivity index (χ0) is 10.2. The summed E-state index contributed by atoms with van der Waals surface area (Å²) in [7, 11) is 0. The smallest absolute Gasteiger partial charge is 0.305 e. The minimum absolute atomic E-state index is 0.0179.